The minimum Gasteiger partial charge on any atom is -0.450 e. The van der Waals surface area contributed by atoms with Crippen LogP contribution in [-0.4, -0.2) is 109 Å². The molecule has 19 nitrogen and oxygen atoms in total. The molecular formula is C16H41N3O16P2. The first-order chi connectivity index (χ1) is 16.8. The standard InChI is InChI=1S/C5H11O4P.C4H13N3.C4H11O3P.3CH2O3/c6-10(7)8-4-2-1-3-5-9-10;5-1-3-7-4-2-6;1-3-4(2)8(5,6)7;3*2-1(3)4/h1-5H2,(H,6,7);7H,1-6H2;4H,3H2,1-2H3,(H2,5,6,7);3*(H2,2,3,4). The second-order valence-electron chi connectivity index (χ2n) is 6.22. The van der Waals surface area contributed by atoms with Gasteiger partial charge in [0, 0.05) is 26.2 Å². The predicted octanol–water partition coefficient (Wildman–Crippen LogP) is 1.43. The molecule has 226 valence electrons. The zero-order chi connectivity index (χ0) is 30.5. The van der Waals surface area contributed by atoms with Crippen molar-refractivity contribution in [1.82, 2.24) is 5.32 Å². The van der Waals surface area contributed by atoms with Crippen molar-refractivity contribution in [2.75, 3.05) is 39.4 Å². The van der Waals surface area contributed by atoms with E-state index in [4.69, 9.17) is 71.2 Å². The Hall–Kier alpha value is -2.05. The van der Waals surface area contributed by atoms with Crippen LogP contribution in [0.25, 0.3) is 0 Å². The van der Waals surface area contributed by atoms with E-state index in [9.17, 15) is 9.13 Å². The van der Waals surface area contributed by atoms with Gasteiger partial charge in [-0.1, -0.05) is 13.8 Å². The van der Waals surface area contributed by atoms with Crippen LogP contribution in [0.1, 0.15) is 39.5 Å². The zero-order valence-electron chi connectivity index (χ0n) is 20.6. The van der Waals surface area contributed by atoms with Crippen molar-refractivity contribution in [2.24, 2.45) is 11.5 Å². The summed E-state index contributed by atoms with van der Waals surface area (Å²) in [5, 5.41) is 44.9. The number of nitrogens with two attached hydrogens (primary N) is 2. The molecule has 1 saturated heterocycles. The number of carbonyl (C=O) groups is 3. The van der Waals surface area contributed by atoms with Gasteiger partial charge >= 0.3 is 33.9 Å². The first-order valence-corrected chi connectivity index (χ1v) is 13.5. The summed E-state index contributed by atoms with van der Waals surface area (Å²) in [6, 6.07) is 0. The van der Waals surface area contributed by atoms with Crippen LogP contribution in [0, 0.1) is 0 Å². The molecule has 1 heterocycles. The molecule has 14 N–H and O–H groups in total. The Kier molecular flexibility index (Phi) is 36.6. The van der Waals surface area contributed by atoms with Crippen LogP contribution in [0.5, 0.6) is 0 Å². The monoisotopic (exact) mass is 593 g/mol. The number of hydrogen-bond acceptors (Lipinski definition) is 10. The molecule has 21 heteroatoms. The van der Waals surface area contributed by atoms with Gasteiger partial charge in [-0.2, -0.15) is 0 Å². The van der Waals surface area contributed by atoms with Gasteiger partial charge in [0.1, 0.15) is 0 Å². The summed E-state index contributed by atoms with van der Waals surface area (Å²) in [5.74, 6) is 0. The molecule has 37 heavy (non-hydrogen) atoms. The number of carboxylic acid groups (broad SMARTS) is 6. The van der Waals surface area contributed by atoms with Gasteiger partial charge in [-0.3, -0.25) is 13.6 Å². The molecule has 1 unspecified atom stereocenters. The van der Waals surface area contributed by atoms with Gasteiger partial charge in [-0.05, 0) is 25.7 Å². The maximum absolute atomic E-state index is 10.7. The Balaban J connectivity index is -0.000000116. The van der Waals surface area contributed by atoms with Gasteiger partial charge in [-0.15, -0.1) is 0 Å². The van der Waals surface area contributed by atoms with E-state index in [1.165, 1.54) is 0 Å². The topological polar surface area (TPSA) is 350 Å². The van der Waals surface area contributed by atoms with Crippen molar-refractivity contribution in [3.63, 3.8) is 0 Å². The van der Waals surface area contributed by atoms with E-state index < -0.39 is 39.5 Å². The van der Waals surface area contributed by atoms with Crippen LogP contribution in [0.4, 0.5) is 14.4 Å². The number of phosphoric acid groups is 1. The molecule has 0 bridgehead atoms. The maximum Gasteiger partial charge on any atom is 0.503 e. The van der Waals surface area contributed by atoms with Crippen molar-refractivity contribution in [2.45, 2.75) is 45.2 Å². The van der Waals surface area contributed by atoms with E-state index in [-0.39, 0.29) is 0 Å². The molecule has 0 spiro atoms. The average molecular weight is 593 g/mol. The third kappa shape index (κ3) is 71.9. The van der Waals surface area contributed by atoms with Gasteiger partial charge in [0.15, 0.2) is 0 Å². The van der Waals surface area contributed by atoms with Crippen molar-refractivity contribution in [3.8, 4) is 0 Å². The minimum atomic E-state index is -3.76. The highest BCUT2D eigenvalue weighted by Gasteiger charge is 2.21. The lowest BCUT2D eigenvalue weighted by Gasteiger charge is -2.14. The molecule has 1 rings (SSSR count). The molecule has 0 aliphatic carbocycles. The summed E-state index contributed by atoms with van der Waals surface area (Å²) in [5.41, 5.74) is 9.85. The number of phosphoric ester groups is 1. The molecule has 0 saturated carbocycles. The smallest absolute Gasteiger partial charge is 0.450 e. The largest absolute Gasteiger partial charge is 0.503 e. The van der Waals surface area contributed by atoms with Crippen molar-refractivity contribution in [1.29, 1.82) is 0 Å². The van der Waals surface area contributed by atoms with E-state index in [1.54, 1.807) is 13.8 Å². The highest BCUT2D eigenvalue weighted by atomic mass is 31.2. The summed E-state index contributed by atoms with van der Waals surface area (Å²) < 4.78 is 30.1. The third-order valence-electron chi connectivity index (χ3n) is 3.10. The molecule has 1 aliphatic rings. The molecule has 0 aromatic rings. The second-order valence-corrected chi connectivity index (χ2v) is 9.73. The number of rotatable bonds is 6. The van der Waals surface area contributed by atoms with Gasteiger partial charge in [0.05, 0.1) is 18.9 Å². The molecular weight excluding hydrogens is 552 g/mol. The molecule has 1 fully saturated rings. The Bertz CT molecular complexity index is 593. The predicted molar refractivity (Wildman–Crippen MR) is 130 cm³/mol. The van der Waals surface area contributed by atoms with Gasteiger partial charge in [0.2, 0.25) is 0 Å². The molecule has 0 aromatic heterocycles. The third-order valence-corrected chi connectivity index (χ3v) is 5.64. The van der Waals surface area contributed by atoms with Crippen molar-refractivity contribution in [3.05, 3.63) is 0 Å². The van der Waals surface area contributed by atoms with Crippen molar-refractivity contribution < 1.29 is 77.9 Å². The average Bonchev–Trinajstić information content (AvgIpc) is 2.70. The number of nitrogens with one attached hydrogen (secondary N) is 1. The quantitative estimate of drug-likeness (QED) is 0.153. The van der Waals surface area contributed by atoms with Crippen LogP contribution in [0.15, 0.2) is 0 Å². The number of hydrogen-bond donors (Lipinski definition) is 12. The fraction of sp³-hybridized carbons (Fsp3) is 0.812. The first kappa shape index (κ1) is 44.9. The summed E-state index contributed by atoms with van der Waals surface area (Å²) in [6.45, 7) is 7.08. The van der Waals surface area contributed by atoms with E-state index >= 15 is 0 Å². The van der Waals surface area contributed by atoms with E-state index in [1.807, 2.05) is 0 Å². The fourth-order valence-electron chi connectivity index (χ4n) is 1.34. The summed E-state index contributed by atoms with van der Waals surface area (Å²) in [7, 11) is -7.41. The normalized spacial score (nSPS) is 14.5. The van der Waals surface area contributed by atoms with Crippen molar-refractivity contribution >= 4 is 33.9 Å². The van der Waals surface area contributed by atoms with Crippen LogP contribution in [0.2, 0.25) is 0 Å². The molecule has 0 amide bonds. The Morgan fingerprint density at radius 2 is 1.16 bits per heavy atom. The lowest BCUT2D eigenvalue weighted by molar-refractivity contribution is 0.130. The summed E-state index contributed by atoms with van der Waals surface area (Å²) in [6.07, 6.45) is -2.29. The lowest BCUT2D eigenvalue weighted by Crippen LogP contribution is -2.27. The Morgan fingerprint density at radius 3 is 1.35 bits per heavy atom. The van der Waals surface area contributed by atoms with Crippen LogP contribution >= 0.6 is 15.4 Å². The minimum absolute atomic E-state index is 0.327. The zero-order valence-corrected chi connectivity index (χ0v) is 22.4. The SMILES string of the molecule is CCC(C)P(=O)(O)O.NCCNCCN.O=C(O)O.O=C(O)O.O=C(O)O.O=P1(O)OCCCCCO1. The molecule has 0 aromatic carbocycles. The van der Waals surface area contributed by atoms with Crippen LogP contribution in [-0.2, 0) is 18.2 Å². The van der Waals surface area contributed by atoms with E-state index in [0.717, 1.165) is 32.4 Å². The Morgan fingerprint density at radius 1 is 0.865 bits per heavy atom. The van der Waals surface area contributed by atoms with E-state index in [0.29, 0.717) is 32.7 Å². The lowest BCUT2D eigenvalue weighted by atomic mass is 10.2. The Labute approximate surface area is 213 Å². The highest BCUT2D eigenvalue weighted by Crippen LogP contribution is 2.44. The summed E-state index contributed by atoms with van der Waals surface area (Å²) in [4.78, 5) is 51.3. The first-order valence-electron chi connectivity index (χ1n) is 10.3. The molecule has 0 radical (unpaired) electrons. The van der Waals surface area contributed by atoms with Gasteiger partial charge in [-0.25, -0.2) is 18.9 Å². The maximum atomic E-state index is 10.7. The van der Waals surface area contributed by atoms with Gasteiger partial charge in [0.25, 0.3) is 0 Å². The molecule has 1 aliphatic heterocycles. The van der Waals surface area contributed by atoms with E-state index in [2.05, 4.69) is 14.4 Å². The highest BCUT2D eigenvalue weighted by molar-refractivity contribution is 7.52. The fourth-order valence-corrected chi connectivity index (χ4v) is 2.61. The van der Waals surface area contributed by atoms with Crippen LogP contribution in [0.3, 0.4) is 0 Å². The van der Waals surface area contributed by atoms with Gasteiger partial charge < -0.3 is 62.1 Å². The summed E-state index contributed by atoms with van der Waals surface area (Å²) >= 11 is 0. The molecule has 1 atom stereocenters. The van der Waals surface area contributed by atoms with Crippen LogP contribution < -0.4 is 16.8 Å². The second kappa shape index (κ2) is 30.2.